The van der Waals surface area contributed by atoms with E-state index in [-0.39, 0.29) is 5.60 Å². The molecule has 0 rings (SSSR count). The SMILES string of the molecule is [C-]#[N+]CCOC(C)(C)OC(C)(C)C. The molecule has 13 heavy (non-hydrogen) atoms. The van der Waals surface area contributed by atoms with Crippen LogP contribution in [0.1, 0.15) is 34.6 Å². The van der Waals surface area contributed by atoms with Gasteiger partial charge in [-0.15, -0.1) is 0 Å². The third-order valence-corrected chi connectivity index (χ3v) is 1.20. The molecule has 0 bridgehead atoms. The van der Waals surface area contributed by atoms with Crippen molar-refractivity contribution in [2.45, 2.75) is 46.0 Å². The van der Waals surface area contributed by atoms with Crippen molar-refractivity contribution < 1.29 is 9.47 Å². The minimum Gasteiger partial charge on any atom is -0.345 e. The third-order valence-electron chi connectivity index (χ3n) is 1.20. The largest absolute Gasteiger partial charge is 0.345 e. The van der Waals surface area contributed by atoms with Crippen molar-refractivity contribution in [1.29, 1.82) is 0 Å². The summed E-state index contributed by atoms with van der Waals surface area (Å²) in [5, 5.41) is 0. The quantitative estimate of drug-likeness (QED) is 0.381. The summed E-state index contributed by atoms with van der Waals surface area (Å²) in [6.07, 6.45) is 0. The van der Waals surface area contributed by atoms with Crippen molar-refractivity contribution in [3.05, 3.63) is 11.4 Å². The van der Waals surface area contributed by atoms with Crippen molar-refractivity contribution >= 4 is 0 Å². The fourth-order valence-corrected chi connectivity index (χ4v) is 1.10. The molecule has 76 valence electrons. The smallest absolute Gasteiger partial charge is 0.237 e. The minimum atomic E-state index is -0.608. The zero-order chi connectivity index (χ0) is 10.5. The lowest BCUT2D eigenvalue weighted by molar-refractivity contribution is -0.255. The highest BCUT2D eigenvalue weighted by Gasteiger charge is 2.26. The first-order valence-corrected chi connectivity index (χ1v) is 4.44. The molecule has 0 aromatic carbocycles. The van der Waals surface area contributed by atoms with Crippen LogP contribution in [0, 0.1) is 6.57 Å². The molecular formula is C10H19NO2. The molecule has 3 heteroatoms. The van der Waals surface area contributed by atoms with E-state index in [2.05, 4.69) is 4.85 Å². The molecule has 0 aromatic heterocycles. The Morgan fingerprint density at radius 3 is 2.08 bits per heavy atom. The molecule has 0 saturated heterocycles. The summed E-state index contributed by atoms with van der Waals surface area (Å²) >= 11 is 0. The fourth-order valence-electron chi connectivity index (χ4n) is 1.10. The highest BCUT2D eigenvalue weighted by atomic mass is 16.7. The minimum absolute atomic E-state index is 0.221. The molecule has 0 unspecified atom stereocenters. The van der Waals surface area contributed by atoms with E-state index in [0.29, 0.717) is 13.2 Å². The Hall–Kier alpha value is -0.590. The molecule has 0 aromatic rings. The average molecular weight is 185 g/mol. The zero-order valence-corrected chi connectivity index (χ0v) is 9.18. The molecule has 0 spiro atoms. The normalized spacial score (nSPS) is 12.6. The van der Waals surface area contributed by atoms with E-state index in [9.17, 15) is 0 Å². The molecule has 0 radical (unpaired) electrons. The van der Waals surface area contributed by atoms with Crippen LogP contribution >= 0.6 is 0 Å². The van der Waals surface area contributed by atoms with Crippen LogP contribution in [0.5, 0.6) is 0 Å². The number of ether oxygens (including phenoxy) is 2. The highest BCUT2D eigenvalue weighted by Crippen LogP contribution is 2.20. The van der Waals surface area contributed by atoms with Gasteiger partial charge in [0.15, 0.2) is 5.79 Å². The highest BCUT2D eigenvalue weighted by molar-refractivity contribution is 4.67. The molecule has 0 saturated carbocycles. The fraction of sp³-hybridized carbons (Fsp3) is 0.900. The summed E-state index contributed by atoms with van der Waals surface area (Å²) in [6.45, 7) is 17.1. The molecule has 0 aliphatic rings. The first-order chi connectivity index (χ1) is 5.77. The first-order valence-electron chi connectivity index (χ1n) is 4.44. The first kappa shape index (κ1) is 12.4. The number of rotatable bonds is 4. The lowest BCUT2D eigenvalue weighted by Gasteiger charge is -2.32. The second kappa shape index (κ2) is 4.59. The van der Waals surface area contributed by atoms with E-state index in [4.69, 9.17) is 16.0 Å². The van der Waals surface area contributed by atoms with E-state index in [1.54, 1.807) is 0 Å². The molecule has 0 atom stereocenters. The van der Waals surface area contributed by atoms with Crippen molar-refractivity contribution in [3.63, 3.8) is 0 Å². The van der Waals surface area contributed by atoms with Crippen molar-refractivity contribution in [2.75, 3.05) is 13.2 Å². The Morgan fingerprint density at radius 2 is 1.69 bits per heavy atom. The Labute approximate surface area is 80.9 Å². The predicted octanol–water partition coefficient (Wildman–Crippen LogP) is 2.47. The maximum Gasteiger partial charge on any atom is 0.237 e. The second-order valence-electron chi connectivity index (χ2n) is 4.34. The van der Waals surface area contributed by atoms with Gasteiger partial charge in [0.1, 0.15) is 6.61 Å². The van der Waals surface area contributed by atoms with Gasteiger partial charge in [-0.3, -0.25) is 0 Å². The predicted molar refractivity (Wildman–Crippen MR) is 52.3 cm³/mol. The van der Waals surface area contributed by atoms with Gasteiger partial charge in [0.2, 0.25) is 6.54 Å². The standard InChI is InChI=1S/C10H19NO2/c1-9(2,3)13-10(4,5)12-8-7-11-6/h7-8H2,1-5H3. The van der Waals surface area contributed by atoms with Crippen LogP contribution in [0.15, 0.2) is 0 Å². The zero-order valence-electron chi connectivity index (χ0n) is 9.18. The number of hydrogen-bond acceptors (Lipinski definition) is 2. The van der Waals surface area contributed by atoms with Gasteiger partial charge >= 0.3 is 0 Å². The van der Waals surface area contributed by atoms with Crippen molar-refractivity contribution in [1.82, 2.24) is 0 Å². The molecule has 0 N–H and O–H groups in total. The molecule has 0 aliphatic heterocycles. The molecule has 0 heterocycles. The third kappa shape index (κ3) is 7.76. The lowest BCUT2D eigenvalue weighted by Crippen LogP contribution is -2.37. The monoisotopic (exact) mass is 185 g/mol. The summed E-state index contributed by atoms with van der Waals surface area (Å²) in [6, 6.07) is 0. The Morgan fingerprint density at radius 1 is 1.15 bits per heavy atom. The number of hydrogen-bond donors (Lipinski definition) is 0. The average Bonchev–Trinajstić information content (AvgIpc) is 1.81. The van der Waals surface area contributed by atoms with Gasteiger partial charge in [-0.25, -0.2) is 6.57 Å². The van der Waals surface area contributed by atoms with Gasteiger partial charge in [0.25, 0.3) is 0 Å². The van der Waals surface area contributed by atoms with E-state index in [1.807, 2.05) is 34.6 Å². The van der Waals surface area contributed by atoms with Crippen LogP contribution in [0.25, 0.3) is 4.85 Å². The van der Waals surface area contributed by atoms with E-state index in [0.717, 1.165) is 0 Å². The van der Waals surface area contributed by atoms with Crippen LogP contribution in [0.3, 0.4) is 0 Å². The molecular weight excluding hydrogens is 166 g/mol. The van der Waals surface area contributed by atoms with Gasteiger partial charge in [-0.2, -0.15) is 0 Å². The van der Waals surface area contributed by atoms with Crippen LogP contribution in [-0.2, 0) is 9.47 Å². The van der Waals surface area contributed by atoms with E-state index >= 15 is 0 Å². The van der Waals surface area contributed by atoms with Crippen LogP contribution in [0.2, 0.25) is 0 Å². The van der Waals surface area contributed by atoms with E-state index in [1.165, 1.54) is 0 Å². The molecule has 0 fully saturated rings. The second-order valence-corrected chi connectivity index (χ2v) is 4.34. The summed E-state index contributed by atoms with van der Waals surface area (Å²) in [7, 11) is 0. The van der Waals surface area contributed by atoms with Crippen molar-refractivity contribution in [2.24, 2.45) is 0 Å². The maximum absolute atomic E-state index is 6.59. The molecule has 0 aliphatic carbocycles. The summed E-state index contributed by atoms with van der Waals surface area (Å²) in [5.74, 6) is -0.608. The van der Waals surface area contributed by atoms with Gasteiger partial charge in [-0.05, 0) is 34.6 Å². The molecule has 0 amide bonds. The van der Waals surface area contributed by atoms with Gasteiger partial charge in [-0.1, -0.05) is 0 Å². The Balaban J connectivity index is 3.88. The Bertz CT molecular complexity index is 186. The van der Waals surface area contributed by atoms with Gasteiger partial charge in [0, 0.05) is 0 Å². The van der Waals surface area contributed by atoms with Crippen molar-refractivity contribution in [3.8, 4) is 0 Å². The number of nitrogens with zero attached hydrogens (tertiary/aromatic N) is 1. The topological polar surface area (TPSA) is 22.8 Å². The van der Waals surface area contributed by atoms with Gasteiger partial charge < -0.3 is 14.3 Å². The lowest BCUT2D eigenvalue weighted by atomic mass is 10.2. The summed E-state index contributed by atoms with van der Waals surface area (Å²) < 4.78 is 11.1. The molecule has 3 nitrogen and oxygen atoms in total. The summed E-state index contributed by atoms with van der Waals surface area (Å²) in [5.41, 5.74) is -0.221. The maximum atomic E-state index is 6.59. The van der Waals surface area contributed by atoms with Crippen LogP contribution in [0.4, 0.5) is 0 Å². The van der Waals surface area contributed by atoms with E-state index < -0.39 is 5.79 Å². The summed E-state index contributed by atoms with van der Waals surface area (Å²) in [4.78, 5) is 3.20. The van der Waals surface area contributed by atoms with Gasteiger partial charge in [0.05, 0.1) is 5.60 Å². The van der Waals surface area contributed by atoms with Crippen LogP contribution < -0.4 is 0 Å². The Kier molecular flexibility index (Phi) is 4.38. The van der Waals surface area contributed by atoms with Crippen LogP contribution in [-0.4, -0.2) is 24.5 Å².